The van der Waals surface area contributed by atoms with Crippen LogP contribution in [0, 0.1) is 5.92 Å². The fourth-order valence-electron chi connectivity index (χ4n) is 4.89. The van der Waals surface area contributed by atoms with Gasteiger partial charge in [0.2, 0.25) is 5.91 Å². The topological polar surface area (TPSA) is 82.2 Å². The largest absolute Gasteiger partial charge is 0.378 e. The molecule has 0 unspecified atom stereocenters. The van der Waals surface area contributed by atoms with Crippen LogP contribution in [0.4, 0.5) is 10.5 Å². The van der Waals surface area contributed by atoms with Crippen molar-refractivity contribution in [2.24, 2.45) is 5.92 Å². The molecule has 1 saturated carbocycles. The van der Waals surface area contributed by atoms with Crippen molar-refractivity contribution in [2.75, 3.05) is 44.8 Å². The number of nitrogens with zero attached hydrogens (tertiary/aromatic N) is 3. The van der Waals surface area contributed by atoms with Crippen LogP contribution >= 0.6 is 0 Å². The van der Waals surface area contributed by atoms with Crippen LogP contribution in [0.3, 0.4) is 0 Å². The normalized spacial score (nSPS) is 26.3. The second-order valence-corrected chi connectivity index (χ2v) is 8.96. The number of amides is 4. The van der Waals surface area contributed by atoms with Crippen molar-refractivity contribution in [1.29, 1.82) is 0 Å². The lowest BCUT2D eigenvalue weighted by Crippen LogP contribution is -2.54. The van der Waals surface area contributed by atoms with Crippen molar-refractivity contribution >= 4 is 23.5 Å². The van der Waals surface area contributed by atoms with E-state index in [4.69, 9.17) is 4.74 Å². The SMILES string of the molecule is C[C@H]1CCCC[C@]12NC(=O)N(CC(=O)N(C)Cc1ccc(N3CCOCC3)cc1)C2=O. The molecule has 3 aliphatic rings. The number of anilines is 1. The first-order valence-corrected chi connectivity index (χ1v) is 11.2. The quantitative estimate of drug-likeness (QED) is 0.726. The lowest BCUT2D eigenvalue weighted by molar-refractivity contribution is -0.140. The van der Waals surface area contributed by atoms with E-state index in [1.54, 1.807) is 11.9 Å². The molecular formula is C23H32N4O4. The Kier molecular flexibility index (Phi) is 6.18. The average molecular weight is 429 g/mol. The van der Waals surface area contributed by atoms with Crippen LogP contribution in [-0.2, 0) is 20.9 Å². The van der Waals surface area contributed by atoms with Crippen molar-refractivity contribution in [3.63, 3.8) is 0 Å². The fraction of sp³-hybridized carbons (Fsp3) is 0.609. The fourth-order valence-corrected chi connectivity index (χ4v) is 4.89. The first kappa shape index (κ1) is 21.6. The number of nitrogens with one attached hydrogen (secondary N) is 1. The Hall–Kier alpha value is -2.61. The molecule has 8 nitrogen and oxygen atoms in total. The van der Waals surface area contributed by atoms with Gasteiger partial charge in [-0.25, -0.2) is 4.79 Å². The molecule has 2 saturated heterocycles. The third-order valence-electron chi connectivity index (χ3n) is 6.95. The number of likely N-dealkylation sites (N-methyl/N-ethyl adjacent to an activating group) is 1. The highest BCUT2D eigenvalue weighted by molar-refractivity contribution is 6.09. The Morgan fingerprint density at radius 2 is 1.90 bits per heavy atom. The van der Waals surface area contributed by atoms with E-state index >= 15 is 0 Å². The highest BCUT2D eigenvalue weighted by atomic mass is 16.5. The van der Waals surface area contributed by atoms with E-state index in [0.29, 0.717) is 13.0 Å². The number of benzene rings is 1. The van der Waals surface area contributed by atoms with Crippen molar-refractivity contribution in [3.05, 3.63) is 29.8 Å². The molecule has 8 heteroatoms. The molecule has 31 heavy (non-hydrogen) atoms. The van der Waals surface area contributed by atoms with Crippen molar-refractivity contribution in [3.8, 4) is 0 Å². The highest BCUT2D eigenvalue weighted by Gasteiger charge is 2.55. The van der Waals surface area contributed by atoms with Gasteiger partial charge < -0.3 is 19.9 Å². The number of rotatable bonds is 5. The number of carbonyl (C=O) groups is 3. The van der Waals surface area contributed by atoms with Gasteiger partial charge in [-0.3, -0.25) is 14.5 Å². The zero-order chi connectivity index (χ0) is 22.0. The lowest BCUT2D eigenvalue weighted by Gasteiger charge is -2.36. The van der Waals surface area contributed by atoms with E-state index in [9.17, 15) is 14.4 Å². The summed E-state index contributed by atoms with van der Waals surface area (Å²) in [5.74, 6) is -0.414. The standard InChI is InChI=1S/C23H32N4O4/c1-17-5-3-4-10-23(17)21(29)27(22(30)24-23)16-20(28)25(2)15-18-6-8-19(9-7-18)26-11-13-31-14-12-26/h6-9,17H,3-5,10-16H2,1-2H3,(H,24,30)/t17-,23-/m0/s1. The summed E-state index contributed by atoms with van der Waals surface area (Å²) in [7, 11) is 1.70. The number of hydrogen-bond acceptors (Lipinski definition) is 5. The van der Waals surface area contributed by atoms with E-state index in [-0.39, 0.29) is 24.3 Å². The summed E-state index contributed by atoms with van der Waals surface area (Å²) in [4.78, 5) is 43.3. The highest BCUT2D eigenvalue weighted by Crippen LogP contribution is 2.38. The zero-order valence-electron chi connectivity index (χ0n) is 18.4. The molecule has 2 atom stereocenters. The molecule has 3 fully saturated rings. The molecule has 4 rings (SSSR count). The van der Waals surface area contributed by atoms with Crippen LogP contribution in [0.15, 0.2) is 24.3 Å². The number of urea groups is 1. The van der Waals surface area contributed by atoms with Crippen LogP contribution in [-0.4, -0.2) is 73.1 Å². The van der Waals surface area contributed by atoms with Crippen molar-refractivity contribution in [2.45, 2.75) is 44.7 Å². The summed E-state index contributed by atoms with van der Waals surface area (Å²) in [6.45, 7) is 5.45. The van der Waals surface area contributed by atoms with Gasteiger partial charge in [-0.05, 0) is 36.5 Å². The van der Waals surface area contributed by atoms with Crippen molar-refractivity contribution in [1.82, 2.24) is 15.1 Å². The molecule has 0 aromatic heterocycles. The van der Waals surface area contributed by atoms with Gasteiger partial charge in [0.05, 0.1) is 13.2 Å². The molecule has 2 aliphatic heterocycles. The second-order valence-electron chi connectivity index (χ2n) is 8.96. The molecule has 2 heterocycles. The maximum Gasteiger partial charge on any atom is 0.325 e. The second kappa shape index (κ2) is 8.86. The van der Waals surface area contributed by atoms with Gasteiger partial charge in [0.1, 0.15) is 12.1 Å². The molecule has 1 spiro atoms. The predicted molar refractivity (Wildman–Crippen MR) is 117 cm³/mol. The Morgan fingerprint density at radius 3 is 2.58 bits per heavy atom. The Balaban J connectivity index is 1.35. The third-order valence-corrected chi connectivity index (χ3v) is 6.95. The van der Waals surface area contributed by atoms with Gasteiger partial charge in [0.25, 0.3) is 5.91 Å². The van der Waals surface area contributed by atoms with E-state index in [1.807, 2.05) is 19.1 Å². The summed E-state index contributed by atoms with van der Waals surface area (Å²) < 4.78 is 5.39. The lowest BCUT2D eigenvalue weighted by atomic mass is 9.73. The summed E-state index contributed by atoms with van der Waals surface area (Å²) in [6.07, 6.45) is 3.54. The molecule has 0 radical (unpaired) electrons. The minimum atomic E-state index is -0.830. The zero-order valence-corrected chi connectivity index (χ0v) is 18.4. The Morgan fingerprint density at radius 1 is 1.19 bits per heavy atom. The van der Waals surface area contributed by atoms with Gasteiger partial charge in [-0.15, -0.1) is 0 Å². The van der Waals surface area contributed by atoms with E-state index in [0.717, 1.165) is 61.7 Å². The monoisotopic (exact) mass is 428 g/mol. The average Bonchev–Trinajstić information content (AvgIpc) is 3.01. The van der Waals surface area contributed by atoms with E-state index in [2.05, 4.69) is 22.3 Å². The summed E-state index contributed by atoms with van der Waals surface area (Å²) in [5, 5.41) is 2.90. The molecule has 1 aromatic carbocycles. The molecule has 4 amide bonds. The molecule has 1 N–H and O–H groups in total. The number of carbonyl (C=O) groups excluding carboxylic acids is 3. The minimum absolute atomic E-state index is 0.0838. The first-order valence-electron chi connectivity index (χ1n) is 11.2. The van der Waals surface area contributed by atoms with E-state index in [1.165, 1.54) is 0 Å². The number of hydrogen-bond donors (Lipinski definition) is 1. The van der Waals surface area contributed by atoms with Crippen LogP contribution in [0.1, 0.15) is 38.2 Å². The van der Waals surface area contributed by atoms with Gasteiger partial charge >= 0.3 is 6.03 Å². The Labute approximate surface area is 183 Å². The van der Waals surface area contributed by atoms with Gasteiger partial charge in [0, 0.05) is 32.4 Å². The maximum atomic E-state index is 13.1. The minimum Gasteiger partial charge on any atom is -0.378 e. The van der Waals surface area contributed by atoms with Crippen LogP contribution in [0.2, 0.25) is 0 Å². The predicted octanol–water partition coefficient (Wildman–Crippen LogP) is 1.98. The molecule has 1 aromatic rings. The molecule has 0 bridgehead atoms. The van der Waals surface area contributed by atoms with Gasteiger partial charge in [-0.1, -0.05) is 31.9 Å². The smallest absolute Gasteiger partial charge is 0.325 e. The molecular weight excluding hydrogens is 396 g/mol. The summed E-state index contributed by atoms with van der Waals surface area (Å²) in [5.41, 5.74) is 1.32. The van der Waals surface area contributed by atoms with Gasteiger partial charge in [-0.2, -0.15) is 0 Å². The number of ether oxygens (including phenoxy) is 1. The molecule has 168 valence electrons. The van der Waals surface area contributed by atoms with Crippen LogP contribution in [0.5, 0.6) is 0 Å². The Bertz CT molecular complexity index is 836. The molecule has 1 aliphatic carbocycles. The van der Waals surface area contributed by atoms with E-state index < -0.39 is 11.6 Å². The van der Waals surface area contributed by atoms with Crippen LogP contribution < -0.4 is 10.2 Å². The number of morpholine rings is 1. The van der Waals surface area contributed by atoms with Crippen LogP contribution in [0.25, 0.3) is 0 Å². The maximum absolute atomic E-state index is 13.1. The summed E-state index contributed by atoms with van der Waals surface area (Å²) >= 11 is 0. The van der Waals surface area contributed by atoms with Crippen molar-refractivity contribution < 1.29 is 19.1 Å². The van der Waals surface area contributed by atoms with Gasteiger partial charge in [0.15, 0.2) is 0 Å². The summed E-state index contributed by atoms with van der Waals surface area (Å²) in [6, 6.07) is 7.70. The first-order chi connectivity index (χ1) is 14.9. The number of imide groups is 1. The third kappa shape index (κ3) is 4.26.